The smallest absolute Gasteiger partial charge is 0.306 e. The van der Waals surface area contributed by atoms with Crippen LogP contribution in [0.15, 0.2) is 53.9 Å². The molecule has 2 aromatic heterocycles. The first-order valence-corrected chi connectivity index (χ1v) is 26.1. The van der Waals surface area contributed by atoms with E-state index < -0.39 is 48.5 Å². The molecular weight excluding hydrogens is 890 g/mol. The van der Waals surface area contributed by atoms with Gasteiger partial charge in [0, 0.05) is 47.2 Å². The summed E-state index contributed by atoms with van der Waals surface area (Å²) in [6, 6.07) is 9.00. The van der Waals surface area contributed by atoms with Crippen molar-refractivity contribution in [1.82, 2.24) is 14.9 Å². The summed E-state index contributed by atoms with van der Waals surface area (Å²) in [4.78, 5) is 66.8. The van der Waals surface area contributed by atoms with E-state index in [4.69, 9.17) is 35.8 Å². The second-order valence-corrected chi connectivity index (χ2v) is 22.5. The second-order valence-electron chi connectivity index (χ2n) is 18.6. The Morgan fingerprint density at radius 1 is 1.06 bits per heavy atom. The number of nitrogens with one attached hydrogen (secondary N) is 1. The number of carbonyl (C=O) groups is 3. The Balaban J connectivity index is 1.15. The van der Waals surface area contributed by atoms with Crippen molar-refractivity contribution >= 4 is 64.0 Å². The number of amides is 1. The Labute approximate surface area is 389 Å². The SMILES string of the molecule is COc1ccc2c(O[C@@H]3C[C@H]4C(=O)C[C@]5(P(=O)(O)Cc6c(C)cccc6F)C[C@@H]5/C=C\CCCCC[C@H](CC(=O)OC5CCCC5)C(=O)N4C3)cc(-c3csc(NC(C)C)n3)nc2c1Cl. The summed E-state index contributed by atoms with van der Waals surface area (Å²) in [6.45, 7) is 5.78. The molecular formula is C49H59ClFN4O8PS. The van der Waals surface area contributed by atoms with Crippen LogP contribution in [-0.4, -0.2) is 80.5 Å². The summed E-state index contributed by atoms with van der Waals surface area (Å²) in [5.74, 6) is -1.99. The average molecular weight is 950 g/mol. The van der Waals surface area contributed by atoms with Crippen molar-refractivity contribution in [3.63, 3.8) is 0 Å². The van der Waals surface area contributed by atoms with Gasteiger partial charge in [0.15, 0.2) is 10.9 Å². The van der Waals surface area contributed by atoms with Gasteiger partial charge in [-0.25, -0.2) is 14.4 Å². The fourth-order valence-corrected chi connectivity index (χ4v) is 13.7. The van der Waals surface area contributed by atoms with E-state index in [1.165, 1.54) is 29.4 Å². The number of anilines is 1. The van der Waals surface area contributed by atoms with E-state index in [9.17, 15) is 14.3 Å². The van der Waals surface area contributed by atoms with Gasteiger partial charge in [0.1, 0.15) is 40.2 Å². The third kappa shape index (κ3) is 10.3. The van der Waals surface area contributed by atoms with Gasteiger partial charge < -0.3 is 29.3 Å². The molecule has 348 valence electrons. The molecule has 4 aromatic rings. The molecule has 2 aliphatic heterocycles. The largest absolute Gasteiger partial charge is 0.495 e. The van der Waals surface area contributed by atoms with Crippen molar-refractivity contribution < 1.29 is 42.4 Å². The number of halogens is 2. The summed E-state index contributed by atoms with van der Waals surface area (Å²) in [5.41, 5.74) is 2.24. The minimum Gasteiger partial charge on any atom is -0.495 e. The number of Topliss-reactive ketones (excluding diaryl/α,β-unsaturated/α-hetero) is 1. The maximum absolute atomic E-state index is 15.2. The molecule has 0 radical (unpaired) electrons. The molecule has 4 heterocycles. The van der Waals surface area contributed by atoms with E-state index >= 15 is 14.0 Å². The van der Waals surface area contributed by atoms with Crippen molar-refractivity contribution in [3.05, 3.63) is 75.9 Å². The lowest BCUT2D eigenvalue weighted by Gasteiger charge is -2.30. The van der Waals surface area contributed by atoms with Gasteiger partial charge in [-0.15, -0.1) is 11.3 Å². The monoisotopic (exact) mass is 948 g/mol. The number of aryl methyl sites for hydroxylation is 1. The number of ether oxygens (including phenoxy) is 3. The molecule has 2 aromatic carbocycles. The molecule has 1 saturated heterocycles. The predicted octanol–water partition coefficient (Wildman–Crippen LogP) is 10.8. The minimum absolute atomic E-state index is 0.0210. The van der Waals surface area contributed by atoms with E-state index in [-0.39, 0.29) is 72.6 Å². The van der Waals surface area contributed by atoms with Crippen molar-refractivity contribution in [1.29, 1.82) is 0 Å². The number of aromatic nitrogens is 2. The lowest BCUT2D eigenvalue weighted by atomic mass is 9.94. The molecule has 4 aliphatic rings. The van der Waals surface area contributed by atoms with Crippen molar-refractivity contribution in [2.75, 3.05) is 19.0 Å². The highest BCUT2D eigenvalue weighted by molar-refractivity contribution is 7.59. The van der Waals surface area contributed by atoms with Crippen LogP contribution in [0.25, 0.3) is 22.3 Å². The Kier molecular flexibility index (Phi) is 14.4. The summed E-state index contributed by atoms with van der Waals surface area (Å²) in [5, 5.41) is 5.46. The third-order valence-electron chi connectivity index (χ3n) is 13.6. The van der Waals surface area contributed by atoms with Crippen LogP contribution in [-0.2, 0) is 29.8 Å². The van der Waals surface area contributed by atoms with Crippen LogP contribution in [0.1, 0.15) is 108 Å². The van der Waals surface area contributed by atoms with Crippen LogP contribution in [0.5, 0.6) is 11.5 Å². The van der Waals surface area contributed by atoms with Gasteiger partial charge >= 0.3 is 5.97 Å². The number of hydrogen-bond acceptors (Lipinski definition) is 11. The summed E-state index contributed by atoms with van der Waals surface area (Å²) < 4.78 is 48.2. The maximum atomic E-state index is 15.2. The minimum atomic E-state index is -4.25. The highest BCUT2D eigenvalue weighted by Gasteiger charge is 2.65. The fraction of sp³-hybridized carbons (Fsp3) is 0.531. The number of fused-ring (bicyclic) bond motifs is 3. The maximum Gasteiger partial charge on any atom is 0.306 e. The van der Waals surface area contributed by atoms with E-state index in [0.717, 1.165) is 50.1 Å². The number of pyridine rings is 1. The first kappa shape index (κ1) is 47.1. The number of carbonyl (C=O) groups excluding carboxylic acids is 3. The van der Waals surface area contributed by atoms with Gasteiger partial charge in [0.25, 0.3) is 0 Å². The lowest BCUT2D eigenvalue weighted by molar-refractivity contribution is -0.154. The first-order valence-electron chi connectivity index (χ1n) is 23.0. The zero-order chi connectivity index (χ0) is 46.0. The first-order chi connectivity index (χ1) is 31.2. The van der Waals surface area contributed by atoms with Gasteiger partial charge in [0.2, 0.25) is 13.3 Å². The van der Waals surface area contributed by atoms with E-state index in [0.29, 0.717) is 52.2 Å². The number of methoxy groups -OCH3 is 1. The molecule has 2 N–H and O–H groups in total. The molecule has 1 amide bonds. The van der Waals surface area contributed by atoms with Gasteiger partial charge in [-0.3, -0.25) is 18.9 Å². The Hall–Kier alpha value is -4.36. The number of esters is 1. The van der Waals surface area contributed by atoms with Crippen LogP contribution in [0.3, 0.4) is 0 Å². The van der Waals surface area contributed by atoms with E-state index in [1.54, 1.807) is 37.3 Å². The van der Waals surface area contributed by atoms with Crippen LogP contribution < -0.4 is 14.8 Å². The standard InChI is InChI=1S/C49H59ClFN4O8PS/c1-29(2)52-48-54-39(28-65-48)38-23-43(35-19-20-42(61-4)45(50)46(35)53-38)62-34-22-40-41(56)25-49(64(59,60)27-36-30(3)13-12-18-37(36)51)24-32(49)15-9-7-5-6-8-14-31(47(58)55(40)26-34)21-44(57)63-33-16-10-11-17-33/h9,12-13,15,18-20,23,28-29,31-34,40H,5-8,10-11,14,16-17,21-22,24-27H2,1-4H3,(H,52,54)(H,59,60)/b15-9-/t31-,32+,34-,40+,49-/m1/s1. The molecule has 1 unspecified atom stereocenters. The van der Waals surface area contributed by atoms with Crippen LogP contribution in [0.2, 0.25) is 5.02 Å². The molecule has 12 nitrogen and oxygen atoms in total. The number of nitrogens with zero attached hydrogens (tertiary/aromatic N) is 3. The van der Waals surface area contributed by atoms with Crippen molar-refractivity contribution in [3.8, 4) is 22.9 Å². The molecule has 0 spiro atoms. The molecule has 6 atom stereocenters. The number of rotatable bonds is 12. The van der Waals surface area contributed by atoms with E-state index in [1.807, 2.05) is 31.4 Å². The quantitative estimate of drug-likeness (QED) is 0.0791. The third-order valence-corrected chi connectivity index (χ3v) is 17.6. The number of benzene rings is 2. The lowest BCUT2D eigenvalue weighted by Crippen LogP contribution is -2.45. The average Bonchev–Trinajstić information content (AvgIpc) is 3.68. The van der Waals surface area contributed by atoms with Crippen LogP contribution in [0, 0.1) is 24.6 Å². The topological polar surface area (TPSA) is 157 Å². The zero-order valence-electron chi connectivity index (χ0n) is 37.5. The van der Waals surface area contributed by atoms with Gasteiger partial charge in [-0.2, -0.15) is 0 Å². The molecule has 0 bridgehead atoms. The highest BCUT2D eigenvalue weighted by atomic mass is 35.5. The normalized spacial score (nSPS) is 25.6. The zero-order valence-corrected chi connectivity index (χ0v) is 40.0. The predicted molar refractivity (Wildman–Crippen MR) is 252 cm³/mol. The van der Waals surface area contributed by atoms with Gasteiger partial charge in [-0.1, -0.05) is 48.7 Å². The summed E-state index contributed by atoms with van der Waals surface area (Å²) in [6.07, 6.45) is 9.72. The number of hydrogen-bond donors (Lipinski definition) is 2. The second kappa shape index (κ2) is 19.9. The molecule has 2 saturated carbocycles. The number of ketones is 1. The molecule has 8 rings (SSSR count). The van der Waals surface area contributed by atoms with Crippen molar-refractivity contribution in [2.45, 2.75) is 140 Å². The Bertz CT molecular complexity index is 2490. The molecule has 2 aliphatic carbocycles. The van der Waals surface area contributed by atoms with Gasteiger partial charge in [0.05, 0.1) is 48.6 Å². The van der Waals surface area contributed by atoms with Crippen LogP contribution >= 0.6 is 30.3 Å². The highest BCUT2D eigenvalue weighted by Crippen LogP contribution is 2.74. The van der Waals surface area contributed by atoms with Crippen LogP contribution in [0.4, 0.5) is 9.52 Å². The summed E-state index contributed by atoms with van der Waals surface area (Å²) in [7, 11) is -2.72. The number of thiazole rings is 1. The molecule has 3 fully saturated rings. The van der Waals surface area contributed by atoms with Gasteiger partial charge in [-0.05, 0) is 102 Å². The Morgan fingerprint density at radius 3 is 2.60 bits per heavy atom. The molecule has 16 heteroatoms. The Morgan fingerprint density at radius 2 is 1.85 bits per heavy atom. The molecule has 65 heavy (non-hydrogen) atoms. The van der Waals surface area contributed by atoms with E-state index in [2.05, 4.69) is 5.32 Å². The fourth-order valence-electron chi connectivity index (χ4n) is 9.95. The number of allylic oxidation sites excluding steroid dienone is 2. The summed E-state index contributed by atoms with van der Waals surface area (Å²) >= 11 is 8.34. The van der Waals surface area contributed by atoms with Crippen molar-refractivity contribution in [2.24, 2.45) is 11.8 Å².